The van der Waals surface area contributed by atoms with Gasteiger partial charge in [-0.15, -0.1) is 0 Å². The summed E-state index contributed by atoms with van der Waals surface area (Å²) in [6, 6.07) is 4.90. The first-order valence-electron chi connectivity index (χ1n) is 16.5. The molecule has 1 fully saturated rings. The molecule has 9 nitrogen and oxygen atoms in total. The second-order valence-corrected chi connectivity index (χ2v) is 12.8. The van der Waals surface area contributed by atoms with Gasteiger partial charge in [0.1, 0.15) is 11.2 Å². The van der Waals surface area contributed by atoms with Crippen LogP contribution in [0.1, 0.15) is 77.8 Å². The van der Waals surface area contributed by atoms with E-state index in [1.54, 1.807) is 5.10 Å². The number of H-pyrrole nitrogens is 1. The number of nitrogens with zero attached hydrogens (tertiary/aromatic N) is 4. The Kier molecular flexibility index (Phi) is 11.8. The lowest BCUT2D eigenvalue weighted by Gasteiger charge is -2.29. The first kappa shape index (κ1) is 39.6. The molecule has 3 N–H and O–H groups in total. The molecular weight excluding hydrogens is 735 g/mol. The van der Waals surface area contributed by atoms with Gasteiger partial charge in [-0.25, -0.2) is 13.8 Å². The summed E-state index contributed by atoms with van der Waals surface area (Å²) in [7, 11) is 1.42. The quantitative estimate of drug-likeness (QED) is 0.0925. The summed E-state index contributed by atoms with van der Waals surface area (Å²) in [4.78, 5) is 21.1. The van der Waals surface area contributed by atoms with E-state index in [-0.39, 0.29) is 53.9 Å². The number of aryl methyl sites for hydroxylation is 2. The summed E-state index contributed by atoms with van der Waals surface area (Å²) in [5, 5.41) is 9.92. The molecule has 1 saturated carbocycles. The van der Waals surface area contributed by atoms with Gasteiger partial charge in [0.05, 0.1) is 17.2 Å². The van der Waals surface area contributed by atoms with Crippen LogP contribution in [-0.2, 0) is 32.4 Å². The van der Waals surface area contributed by atoms with Crippen LogP contribution in [0.4, 0.5) is 59.9 Å². The fourth-order valence-electron chi connectivity index (χ4n) is 6.25. The Labute approximate surface area is 294 Å². The van der Waals surface area contributed by atoms with E-state index in [0.29, 0.717) is 50.2 Å². The van der Waals surface area contributed by atoms with E-state index in [0.717, 1.165) is 18.2 Å². The third-order valence-corrected chi connectivity index (χ3v) is 9.05. The van der Waals surface area contributed by atoms with Gasteiger partial charge < -0.3 is 15.4 Å². The highest BCUT2D eigenvalue weighted by molar-refractivity contribution is 5.92. The monoisotopic (exact) mass is 769 g/mol. The topological polar surface area (TPSA) is 110 Å². The van der Waals surface area contributed by atoms with Crippen molar-refractivity contribution in [3.05, 3.63) is 58.4 Å². The van der Waals surface area contributed by atoms with E-state index < -0.39 is 66.0 Å². The van der Waals surface area contributed by atoms with Crippen molar-refractivity contribution in [3.63, 3.8) is 0 Å². The fraction of sp³-hybridized carbons (Fsp3) is 0.515. The SMILES string of the molecule is Cn1c(Nc2cc(CNC(=O)c3cc(C(F)(F)F)[nH]n3)ccc2C(F)(F)F)nc2cc(CCCCC3CCC(C(F)(F)F)CC3)c(OCC(F)F)nc21. The van der Waals surface area contributed by atoms with Gasteiger partial charge in [-0.3, -0.25) is 14.5 Å². The smallest absolute Gasteiger partial charge is 0.432 e. The first-order valence-corrected chi connectivity index (χ1v) is 16.5. The third-order valence-electron chi connectivity index (χ3n) is 9.05. The number of halogens is 11. The number of unbranched alkanes of at least 4 members (excludes halogenated alkanes) is 1. The van der Waals surface area contributed by atoms with Gasteiger partial charge in [-0.05, 0) is 68.2 Å². The van der Waals surface area contributed by atoms with Crippen LogP contribution in [0.3, 0.4) is 0 Å². The number of aromatic nitrogens is 5. The lowest BCUT2D eigenvalue weighted by atomic mass is 9.79. The number of carbonyl (C=O) groups is 1. The molecule has 1 aliphatic carbocycles. The number of imidazole rings is 1. The maximum atomic E-state index is 14.0. The molecule has 0 unspecified atom stereocenters. The maximum absolute atomic E-state index is 14.0. The van der Waals surface area contributed by atoms with Crippen LogP contribution in [0.15, 0.2) is 30.3 Å². The van der Waals surface area contributed by atoms with E-state index in [1.807, 2.05) is 0 Å². The molecule has 1 aliphatic rings. The van der Waals surface area contributed by atoms with Crippen LogP contribution in [0, 0.1) is 11.8 Å². The van der Waals surface area contributed by atoms with E-state index in [9.17, 15) is 53.1 Å². The highest BCUT2D eigenvalue weighted by atomic mass is 19.4. The Balaban J connectivity index is 1.31. The highest BCUT2D eigenvalue weighted by Gasteiger charge is 2.41. The molecule has 20 heteroatoms. The molecule has 0 atom stereocenters. The zero-order valence-electron chi connectivity index (χ0n) is 28.0. The van der Waals surface area contributed by atoms with Crippen molar-refractivity contribution in [2.75, 3.05) is 11.9 Å². The van der Waals surface area contributed by atoms with Crippen LogP contribution < -0.4 is 15.4 Å². The van der Waals surface area contributed by atoms with Crippen molar-refractivity contribution < 1.29 is 57.8 Å². The summed E-state index contributed by atoms with van der Waals surface area (Å²) < 4.78 is 152. The van der Waals surface area contributed by atoms with Gasteiger partial charge in [0.15, 0.2) is 17.9 Å². The van der Waals surface area contributed by atoms with Gasteiger partial charge in [-0.1, -0.05) is 18.9 Å². The molecule has 0 bridgehead atoms. The average Bonchev–Trinajstić information content (AvgIpc) is 3.69. The number of hydrogen-bond donors (Lipinski definition) is 3. The number of carbonyl (C=O) groups excluding carboxylic acids is 1. The Morgan fingerprint density at radius 3 is 2.30 bits per heavy atom. The molecule has 5 rings (SSSR count). The molecule has 4 aromatic rings. The largest absolute Gasteiger partial charge is 0.471 e. The van der Waals surface area contributed by atoms with Crippen molar-refractivity contribution in [3.8, 4) is 5.88 Å². The number of alkyl halides is 11. The van der Waals surface area contributed by atoms with E-state index in [1.165, 1.54) is 17.7 Å². The predicted molar refractivity (Wildman–Crippen MR) is 169 cm³/mol. The Morgan fingerprint density at radius 1 is 0.962 bits per heavy atom. The number of ether oxygens (including phenoxy) is 1. The lowest BCUT2D eigenvalue weighted by Crippen LogP contribution is -2.27. The molecule has 3 aromatic heterocycles. The zero-order valence-corrected chi connectivity index (χ0v) is 28.0. The molecule has 1 aromatic carbocycles. The molecule has 53 heavy (non-hydrogen) atoms. The summed E-state index contributed by atoms with van der Waals surface area (Å²) in [5.41, 5.74) is -2.60. The number of anilines is 2. The summed E-state index contributed by atoms with van der Waals surface area (Å²) >= 11 is 0. The number of amides is 1. The fourth-order valence-corrected chi connectivity index (χ4v) is 6.25. The van der Waals surface area contributed by atoms with Crippen molar-refractivity contribution in [1.82, 2.24) is 30.0 Å². The molecule has 0 saturated heterocycles. The molecule has 0 aliphatic heterocycles. The van der Waals surface area contributed by atoms with Crippen LogP contribution in [0.5, 0.6) is 5.88 Å². The van der Waals surface area contributed by atoms with Crippen LogP contribution in [0.25, 0.3) is 11.2 Å². The molecule has 0 spiro atoms. The lowest BCUT2D eigenvalue weighted by molar-refractivity contribution is -0.184. The first-order chi connectivity index (χ1) is 24.8. The van der Waals surface area contributed by atoms with Gasteiger partial charge in [0, 0.05) is 25.2 Å². The summed E-state index contributed by atoms with van der Waals surface area (Å²) in [5.74, 6) is -2.39. The minimum atomic E-state index is -4.85. The summed E-state index contributed by atoms with van der Waals surface area (Å²) in [6.45, 7) is -1.36. The van der Waals surface area contributed by atoms with Gasteiger partial charge in [0.25, 0.3) is 12.3 Å². The highest BCUT2D eigenvalue weighted by Crippen LogP contribution is 2.41. The molecular formula is C33H34F11N7O2. The number of aromatic amines is 1. The van der Waals surface area contributed by atoms with Crippen LogP contribution >= 0.6 is 0 Å². The predicted octanol–water partition coefficient (Wildman–Crippen LogP) is 9.13. The number of rotatable bonds is 13. The third kappa shape index (κ3) is 10.1. The molecule has 0 radical (unpaired) electrons. The van der Waals surface area contributed by atoms with Gasteiger partial charge >= 0.3 is 18.5 Å². The number of hydrogen-bond acceptors (Lipinski definition) is 6. The molecule has 3 heterocycles. The molecule has 290 valence electrons. The van der Waals surface area contributed by atoms with Gasteiger partial charge in [0.2, 0.25) is 11.8 Å². The maximum Gasteiger partial charge on any atom is 0.432 e. The van der Waals surface area contributed by atoms with Crippen molar-refractivity contribution in [1.29, 1.82) is 0 Å². The van der Waals surface area contributed by atoms with Gasteiger partial charge in [-0.2, -0.15) is 49.6 Å². The minimum Gasteiger partial charge on any atom is -0.471 e. The zero-order chi connectivity index (χ0) is 38.7. The number of benzene rings is 1. The van der Waals surface area contributed by atoms with Crippen molar-refractivity contribution in [2.45, 2.75) is 82.9 Å². The second-order valence-electron chi connectivity index (χ2n) is 12.8. The number of pyridine rings is 1. The molecule has 1 amide bonds. The Morgan fingerprint density at radius 2 is 1.68 bits per heavy atom. The number of nitrogens with one attached hydrogen (secondary N) is 3. The van der Waals surface area contributed by atoms with Crippen LogP contribution in [0.2, 0.25) is 0 Å². The van der Waals surface area contributed by atoms with Crippen molar-refractivity contribution in [2.24, 2.45) is 18.9 Å². The minimum absolute atomic E-state index is 0.0860. The normalized spacial score (nSPS) is 17.1. The van der Waals surface area contributed by atoms with E-state index >= 15 is 0 Å². The van der Waals surface area contributed by atoms with Crippen LogP contribution in [-0.4, -0.2) is 49.8 Å². The Bertz CT molecular complexity index is 1880. The average molecular weight is 770 g/mol. The standard InChI is InChI=1S/C33H34F11N7O2/c1-51-27-23(13-19(29(48-27)53-16-26(34)35)5-3-2-4-17-6-9-20(10-7-17)31(36,37)38)47-30(51)46-22-12-18(8-11-21(22)32(39,40)41)15-45-28(52)24-14-25(50-49-24)33(42,43)44/h8,11-14,17,20,26H,2-7,9-10,15-16H2,1H3,(H,45,52)(H,46,47)(H,49,50). The van der Waals surface area contributed by atoms with E-state index in [2.05, 4.69) is 25.7 Å². The van der Waals surface area contributed by atoms with Crippen molar-refractivity contribution >= 4 is 28.7 Å². The number of fused-ring (bicyclic) bond motifs is 1. The van der Waals surface area contributed by atoms with E-state index in [4.69, 9.17) is 4.74 Å². The Hall–Kier alpha value is -4.65. The second kappa shape index (κ2) is 15.8. The summed E-state index contributed by atoms with van der Waals surface area (Å²) in [6.07, 6.45) is -13.4.